The number of carbonyl (C=O) groups is 2. The zero-order chi connectivity index (χ0) is 28.9. The molecule has 10 atom stereocenters. The number of ketones is 1. The van der Waals surface area contributed by atoms with Crippen LogP contribution in [0.3, 0.4) is 0 Å². The summed E-state index contributed by atoms with van der Waals surface area (Å²) in [6.07, 6.45) is 13.5. The minimum absolute atomic E-state index is 0.0201. The van der Waals surface area contributed by atoms with Gasteiger partial charge in [0.2, 0.25) is 5.91 Å². The largest absolute Gasteiger partial charge is 0.373 e. The first-order valence-corrected chi connectivity index (χ1v) is 14.5. The van der Waals surface area contributed by atoms with Gasteiger partial charge in [-0.25, -0.2) is 0 Å². The van der Waals surface area contributed by atoms with Crippen molar-refractivity contribution in [2.75, 3.05) is 7.11 Å². The number of nitrogens with one attached hydrogen (secondary N) is 1. The molecule has 3 heterocycles. The zero-order valence-corrected chi connectivity index (χ0v) is 25.3. The predicted octanol–water partition coefficient (Wildman–Crippen LogP) is 6.10. The number of ether oxygens (including phenoxy) is 3. The monoisotopic (exact) mass is 539 g/mol. The van der Waals surface area contributed by atoms with Gasteiger partial charge in [-0.15, -0.1) is 0 Å². The van der Waals surface area contributed by atoms with E-state index in [1.54, 1.807) is 13.2 Å². The molecule has 4 bridgehead atoms. The third kappa shape index (κ3) is 7.68. The lowest BCUT2D eigenvalue weighted by Gasteiger charge is -2.42. The van der Waals surface area contributed by atoms with E-state index in [0.29, 0.717) is 5.57 Å². The van der Waals surface area contributed by atoms with Crippen molar-refractivity contribution in [3.05, 3.63) is 59.3 Å². The van der Waals surface area contributed by atoms with E-state index in [2.05, 4.69) is 52.1 Å². The molecule has 3 aliphatic heterocycles. The van der Waals surface area contributed by atoms with Gasteiger partial charge < -0.3 is 19.5 Å². The van der Waals surface area contributed by atoms with Crippen molar-refractivity contribution in [3.63, 3.8) is 0 Å². The molecule has 0 saturated carbocycles. The Morgan fingerprint density at radius 2 is 1.72 bits per heavy atom. The molecule has 6 heteroatoms. The van der Waals surface area contributed by atoms with Crippen LogP contribution >= 0.6 is 0 Å². The van der Waals surface area contributed by atoms with Crippen LogP contribution in [0.2, 0.25) is 0 Å². The molecule has 0 aromatic rings. The molecule has 216 valence electrons. The van der Waals surface area contributed by atoms with Crippen LogP contribution in [0.25, 0.3) is 0 Å². The first kappa shape index (κ1) is 31.3. The number of carbonyl (C=O) groups excluding carboxylic acids is 2. The summed E-state index contributed by atoms with van der Waals surface area (Å²) in [5.74, 6) is -0.473. The number of hydrogen-bond acceptors (Lipinski definition) is 5. The molecule has 1 N–H and O–H groups in total. The lowest BCUT2D eigenvalue weighted by Crippen LogP contribution is -2.52. The van der Waals surface area contributed by atoms with Gasteiger partial charge in [-0.2, -0.15) is 0 Å². The molecule has 0 spiro atoms. The van der Waals surface area contributed by atoms with Crippen LogP contribution in [-0.4, -0.2) is 49.4 Å². The summed E-state index contributed by atoms with van der Waals surface area (Å²) in [4.78, 5) is 26.9. The maximum Gasteiger partial charge on any atom is 0.248 e. The van der Waals surface area contributed by atoms with E-state index >= 15 is 0 Å². The van der Waals surface area contributed by atoms with Gasteiger partial charge in [-0.1, -0.05) is 82.2 Å². The average Bonchev–Trinajstić information content (AvgIpc) is 2.91. The molecule has 0 saturated heterocycles. The topological polar surface area (TPSA) is 73.9 Å². The van der Waals surface area contributed by atoms with Gasteiger partial charge in [-0.05, 0) is 51.5 Å². The molecule has 3 aliphatic rings. The number of hydrogen-bond donors (Lipinski definition) is 1. The molecule has 39 heavy (non-hydrogen) atoms. The van der Waals surface area contributed by atoms with Crippen molar-refractivity contribution in [1.82, 2.24) is 5.32 Å². The van der Waals surface area contributed by atoms with Gasteiger partial charge >= 0.3 is 0 Å². The van der Waals surface area contributed by atoms with Crippen LogP contribution in [0.15, 0.2) is 59.3 Å². The first-order valence-electron chi connectivity index (χ1n) is 14.5. The lowest BCUT2D eigenvalue weighted by molar-refractivity contribution is -0.159. The number of methoxy groups -OCH3 is 1. The van der Waals surface area contributed by atoms with E-state index in [9.17, 15) is 9.59 Å². The Kier molecular flexibility index (Phi) is 11.1. The normalized spacial score (nSPS) is 43.7. The van der Waals surface area contributed by atoms with Gasteiger partial charge in [0.1, 0.15) is 6.10 Å². The Bertz CT molecular complexity index is 1040. The third-order valence-corrected chi connectivity index (χ3v) is 8.68. The lowest BCUT2D eigenvalue weighted by atomic mass is 9.73. The number of rotatable bonds is 2. The Morgan fingerprint density at radius 1 is 1.00 bits per heavy atom. The summed E-state index contributed by atoms with van der Waals surface area (Å²) in [7, 11) is 1.61. The van der Waals surface area contributed by atoms with Crippen LogP contribution in [0, 0.1) is 29.6 Å². The Morgan fingerprint density at radius 3 is 2.38 bits per heavy atom. The highest BCUT2D eigenvalue weighted by Gasteiger charge is 2.42. The maximum absolute atomic E-state index is 13.6. The van der Waals surface area contributed by atoms with E-state index in [1.807, 2.05) is 45.1 Å². The smallest absolute Gasteiger partial charge is 0.248 e. The predicted molar refractivity (Wildman–Crippen MR) is 156 cm³/mol. The van der Waals surface area contributed by atoms with Crippen LogP contribution in [0.5, 0.6) is 0 Å². The Balaban J connectivity index is 2.33. The fraction of sp³-hybridized carbons (Fsp3) is 0.636. The van der Waals surface area contributed by atoms with Crippen molar-refractivity contribution in [1.29, 1.82) is 0 Å². The fourth-order valence-electron chi connectivity index (χ4n) is 6.28. The van der Waals surface area contributed by atoms with Gasteiger partial charge in [0.05, 0.1) is 18.3 Å². The minimum atomic E-state index is -0.782. The highest BCUT2D eigenvalue weighted by atomic mass is 16.6. The molecule has 0 aliphatic carbocycles. The van der Waals surface area contributed by atoms with Crippen LogP contribution in [0.1, 0.15) is 68.2 Å². The summed E-state index contributed by atoms with van der Waals surface area (Å²) >= 11 is 0. The number of allylic oxidation sites excluding steroid dienone is 6. The van der Waals surface area contributed by atoms with Crippen LogP contribution in [-0.2, 0) is 23.8 Å². The van der Waals surface area contributed by atoms with Gasteiger partial charge in [0.15, 0.2) is 12.0 Å². The summed E-state index contributed by atoms with van der Waals surface area (Å²) in [5.41, 5.74) is 2.81. The molecule has 0 aromatic carbocycles. The third-order valence-electron chi connectivity index (χ3n) is 8.68. The zero-order valence-electron chi connectivity index (χ0n) is 25.3. The molecule has 0 unspecified atom stereocenters. The summed E-state index contributed by atoms with van der Waals surface area (Å²) in [5, 5.41) is 3.07. The Labute approximate surface area is 235 Å². The second kappa shape index (κ2) is 13.9. The van der Waals surface area contributed by atoms with Gasteiger partial charge in [0, 0.05) is 30.4 Å². The van der Waals surface area contributed by atoms with Gasteiger partial charge in [-0.3, -0.25) is 9.59 Å². The van der Waals surface area contributed by atoms with E-state index < -0.39 is 24.4 Å². The van der Waals surface area contributed by atoms with Crippen molar-refractivity contribution in [2.24, 2.45) is 29.6 Å². The van der Waals surface area contributed by atoms with Crippen molar-refractivity contribution < 1.29 is 23.8 Å². The standard InChI is InChI=1S/C33H49NO5/c1-10-28-21(4)14-15-27(35)25(8)31-24(7)26-18-19(2)12-11-13-29(37-9)33(39-31)34-32(36)23(6)17-20(3)16-22(5)30(26)38-28/h11-17,21-22,24-26,28-31,33H,10,18H2,1-9H3,(H,34,36)/b13-11-,15-14?,19-12-,20-16-,23-17-/t21-,22-,24-,25+,26-,28-,29+,30-,31-,33+/m0/s1. The molecular weight excluding hydrogens is 490 g/mol. The summed E-state index contributed by atoms with van der Waals surface area (Å²) < 4.78 is 19.7. The highest BCUT2D eigenvalue weighted by Crippen LogP contribution is 2.39. The first-order chi connectivity index (χ1) is 18.5. The van der Waals surface area contributed by atoms with Crippen molar-refractivity contribution in [2.45, 2.75) is 98.9 Å². The quantitative estimate of drug-likeness (QED) is 0.459. The molecule has 0 fully saturated rings. The molecule has 6 nitrogen and oxygen atoms in total. The van der Waals surface area contributed by atoms with Crippen molar-refractivity contribution in [3.8, 4) is 0 Å². The van der Waals surface area contributed by atoms with E-state index in [0.717, 1.165) is 18.4 Å². The molecule has 0 aromatic heterocycles. The van der Waals surface area contributed by atoms with Crippen molar-refractivity contribution >= 4 is 11.7 Å². The summed E-state index contributed by atoms with van der Waals surface area (Å²) in [6, 6.07) is 0. The molecule has 0 radical (unpaired) electrons. The van der Waals surface area contributed by atoms with Gasteiger partial charge in [0.25, 0.3) is 0 Å². The highest BCUT2D eigenvalue weighted by molar-refractivity contribution is 5.93. The average molecular weight is 540 g/mol. The maximum atomic E-state index is 13.6. The SMILES string of the molecule is CC[C@@H]1O[C@@H]2[C@H]3C/C(C)=C\C=C/[C@@H](OC)[C@H](NC(=O)/C(C)=C\C(C)=C/[C@@H]2C)O[C@@H]([C@H]3C)[C@H](C)C(=O)C=C[C@@H]1C. The second-order valence-electron chi connectivity index (χ2n) is 11.9. The number of amides is 1. The van der Waals surface area contributed by atoms with E-state index in [-0.39, 0.29) is 47.6 Å². The van der Waals surface area contributed by atoms with E-state index in [4.69, 9.17) is 14.2 Å². The minimum Gasteiger partial charge on any atom is -0.373 e. The molecular formula is C33H49NO5. The van der Waals surface area contributed by atoms with E-state index in [1.165, 1.54) is 5.57 Å². The number of fused-ring (bicyclic) bond motifs is 1. The fourth-order valence-corrected chi connectivity index (χ4v) is 6.28. The molecule has 1 amide bonds. The second-order valence-corrected chi connectivity index (χ2v) is 11.9. The Hall–Kier alpha value is -2.28. The molecule has 3 rings (SSSR count). The summed E-state index contributed by atoms with van der Waals surface area (Å²) in [6.45, 7) is 16.6. The van der Waals surface area contributed by atoms with Crippen LogP contribution < -0.4 is 5.32 Å². The van der Waals surface area contributed by atoms with Crippen LogP contribution in [0.4, 0.5) is 0 Å².